The van der Waals surface area contributed by atoms with Crippen LogP contribution < -0.4 is 0 Å². The summed E-state index contributed by atoms with van der Waals surface area (Å²) in [5.74, 6) is 3.26. The summed E-state index contributed by atoms with van der Waals surface area (Å²) in [7, 11) is 0. The Hall–Kier alpha value is -0.860. The molecular weight excluding hydrogens is 360 g/mol. The second-order valence-electron chi connectivity index (χ2n) is 11.7. The molecule has 4 aliphatic rings. The lowest BCUT2D eigenvalue weighted by Gasteiger charge is -2.62. The molecule has 4 fully saturated rings. The van der Waals surface area contributed by atoms with Gasteiger partial charge in [-0.1, -0.05) is 40.5 Å². The predicted octanol–water partition coefficient (Wildman–Crippen LogP) is 6.35. The molecule has 9 atom stereocenters. The molecule has 0 amide bonds. The summed E-state index contributed by atoms with van der Waals surface area (Å²) in [6, 6.07) is 0. The Balaban J connectivity index is 1.62. The largest absolute Gasteiger partial charge is 0.481 e. The number of ketones is 1. The summed E-state index contributed by atoms with van der Waals surface area (Å²) >= 11 is 0. The van der Waals surface area contributed by atoms with Gasteiger partial charge in [0.15, 0.2) is 0 Å². The van der Waals surface area contributed by atoms with E-state index in [2.05, 4.69) is 27.7 Å². The first-order valence-corrected chi connectivity index (χ1v) is 12.5. The molecule has 4 rings (SSSR count). The predicted molar refractivity (Wildman–Crippen MR) is 115 cm³/mol. The van der Waals surface area contributed by atoms with Crippen molar-refractivity contribution in [2.75, 3.05) is 0 Å². The average molecular weight is 403 g/mol. The van der Waals surface area contributed by atoms with Crippen LogP contribution >= 0.6 is 0 Å². The number of carboxylic acid groups (broad SMARTS) is 1. The minimum atomic E-state index is -0.676. The summed E-state index contributed by atoms with van der Waals surface area (Å²) in [6.07, 6.45) is 12.2. The van der Waals surface area contributed by atoms with E-state index < -0.39 is 5.97 Å². The van der Waals surface area contributed by atoms with E-state index in [4.69, 9.17) is 5.11 Å². The minimum Gasteiger partial charge on any atom is -0.481 e. The van der Waals surface area contributed by atoms with Gasteiger partial charge in [-0.2, -0.15) is 0 Å². The topological polar surface area (TPSA) is 54.4 Å². The Labute approximate surface area is 177 Å². The number of hydrogen-bond acceptors (Lipinski definition) is 2. The van der Waals surface area contributed by atoms with Gasteiger partial charge >= 0.3 is 5.97 Å². The second kappa shape index (κ2) is 7.68. The molecule has 1 N–H and O–H groups in total. The van der Waals surface area contributed by atoms with Crippen LogP contribution in [0.5, 0.6) is 0 Å². The molecule has 0 aliphatic heterocycles. The van der Waals surface area contributed by atoms with Gasteiger partial charge in [0.25, 0.3) is 0 Å². The Bertz CT molecular complexity index is 656. The van der Waals surface area contributed by atoms with Gasteiger partial charge in [0.05, 0.1) is 0 Å². The van der Waals surface area contributed by atoms with Crippen molar-refractivity contribution in [3.63, 3.8) is 0 Å². The maximum absolute atomic E-state index is 13.9. The van der Waals surface area contributed by atoms with E-state index in [0.29, 0.717) is 40.8 Å². The molecule has 0 bridgehead atoms. The highest BCUT2D eigenvalue weighted by Crippen LogP contribution is 2.68. The zero-order valence-corrected chi connectivity index (χ0v) is 19.1. The van der Waals surface area contributed by atoms with E-state index in [-0.39, 0.29) is 23.7 Å². The Morgan fingerprint density at radius 3 is 2.45 bits per heavy atom. The quantitative estimate of drug-likeness (QED) is 0.583. The summed E-state index contributed by atoms with van der Waals surface area (Å²) < 4.78 is 0. The van der Waals surface area contributed by atoms with E-state index >= 15 is 0 Å². The molecule has 0 saturated heterocycles. The molecule has 4 aliphatic carbocycles. The van der Waals surface area contributed by atoms with Crippen LogP contribution in [0.1, 0.15) is 98.3 Å². The van der Waals surface area contributed by atoms with Gasteiger partial charge in [-0.05, 0) is 91.8 Å². The average Bonchev–Trinajstić information content (AvgIpc) is 3.04. The third-order valence-corrected chi connectivity index (χ3v) is 10.6. The smallest absolute Gasteiger partial charge is 0.303 e. The van der Waals surface area contributed by atoms with E-state index in [1.165, 1.54) is 51.4 Å². The van der Waals surface area contributed by atoms with Crippen molar-refractivity contribution >= 4 is 11.8 Å². The number of aliphatic carboxylic acids is 1. The molecule has 164 valence electrons. The van der Waals surface area contributed by atoms with Gasteiger partial charge in [-0.15, -0.1) is 0 Å². The van der Waals surface area contributed by atoms with Crippen molar-refractivity contribution < 1.29 is 14.7 Å². The minimum absolute atomic E-state index is 0.227. The maximum atomic E-state index is 13.9. The van der Waals surface area contributed by atoms with Crippen LogP contribution in [-0.4, -0.2) is 16.9 Å². The third kappa shape index (κ3) is 3.21. The molecule has 3 heteroatoms. The molecule has 0 aromatic carbocycles. The van der Waals surface area contributed by atoms with Crippen molar-refractivity contribution in [1.29, 1.82) is 0 Å². The molecule has 4 saturated carbocycles. The van der Waals surface area contributed by atoms with Crippen LogP contribution in [0, 0.1) is 52.3 Å². The molecule has 0 radical (unpaired) electrons. The third-order valence-electron chi connectivity index (χ3n) is 10.6. The van der Waals surface area contributed by atoms with Crippen LogP contribution in [0.25, 0.3) is 0 Å². The summed E-state index contributed by atoms with van der Waals surface area (Å²) in [6.45, 7) is 9.52. The summed E-state index contributed by atoms with van der Waals surface area (Å²) in [4.78, 5) is 25.0. The van der Waals surface area contributed by atoms with Crippen LogP contribution in [0.4, 0.5) is 0 Å². The molecule has 0 spiro atoms. The van der Waals surface area contributed by atoms with Gasteiger partial charge < -0.3 is 5.11 Å². The van der Waals surface area contributed by atoms with Crippen molar-refractivity contribution in [3.8, 4) is 0 Å². The number of Topliss-reactive ketones (excluding diaryl/α,β-unsaturated/α-hetero) is 1. The Morgan fingerprint density at radius 1 is 1.03 bits per heavy atom. The van der Waals surface area contributed by atoms with E-state index in [1.807, 2.05) is 0 Å². The maximum Gasteiger partial charge on any atom is 0.303 e. The fraction of sp³-hybridized carbons (Fsp3) is 0.923. The highest BCUT2D eigenvalue weighted by Gasteiger charge is 2.64. The first-order chi connectivity index (χ1) is 13.7. The number of carbonyl (C=O) groups is 2. The van der Waals surface area contributed by atoms with Crippen LogP contribution in [0.2, 0.25) is 0 Å². The number of carbonyl (C=O) groups excluding carboxylic acids is 1. The first kappa shape index (κ1) is 21.4. The summed E-state index contributed by atoms with van der Waals surface area (Å²) in [5, 5.41) is 9.14. The second-order valence-corrected chi connectivity index (χ2v) is 11.7. The zero-order valence-electron chi connectivity index (χ0n) is 19.1. The molecule has 3 nitrogen and oxygen atoms in total. The van der Waals surface area contributed by atoms with Crippen molar-refractivity contribution in [3.05, 3.63) is 0 Å². The SMILES string of the molecule is CC[C@H]1C(=O)C2C(CC[C@@]3(C)C2CC[C@@H]3[C@H](C)CCC(=O)O)[C@@]2(C)CCCCC12. The standard InChI is InChI=1S/C26H42O3/c1-5-17-19-8-6-7-14-25(19,3)21-13-15-26(4)18(16(2)9-12-22(27)28)10-11-20(26)23(21)24(17)29/h16-21,23H,5-15H2,1-4H3,(H,27,28)/t16-,17-,18-,19?,20?,21?,23?,25+,26-/m1/s1. The lowest BCUT2D eigenvalue weighted by Crippen LogP contribution is -2.59. The molecule has 0 aromatic rings. The number of hydrogen-bond donors (Lipinski definition) is 1. The highest BCUT2D eigenvalue weighted by molar-refractivity contribution is 5.86. The van der Waals surface area contributed by atoms with Gasteiger partial charge in [-0.25, -0.2) is 0 Å². The molecule has 0 heterocycles. The van der Waals surface area contributed by atoms with E-state index in [9.17, 15) is 9.59 Å². The highest BCUT2D eigenvalue weighted by atomic mass is 16.4. The molecule has 0 aromatic heterocycles. The van der Waals surface area contributed by atoms with Crippen LogP contribution in [-0.2, 0) is 9.59 Å². The molecular formula is C26H42O3. The van der Waals surface area contributed by atoms with Crippen molar-refractivity contribution in [2.24, 2.45) is 52.3 Å². The first-order valence-electron chi connectivity index (χ1n) is 12.5. The van der Waals surface area contributed by atoms with Crippen LogP contribution in [0.3, 0.4) is 0 Å². The normalized spacial score (nSPS) is 47.8. The number of rotatable bonds is 5. The number of fused-ring (bicyclic) bond motifs is 5. The van der Waals surface area contributed by atoms with Gasteiger partial charge in [-0.3, -0.25) is 9.59 Å². The Kier molecular flexibility index (Phi) is 5.66. The molecule has 29 heavy (non-hydrogen) atoms. The van der Waals surface area contributed by atoms with Gasteiger partial charge in [0.1, 0.15) is 5.78 Å². The van der Waals surface area contributed by atoms with Crippen molar-refractivity contribution in [2.45, 2.75) is 98.3 Å². The lowest BCUT2D eigenvalue weighted by atomic mass is 9.42. The van der Waals surface area contributed by atoms with Gasteiger partial charge in [0, 0.05) is 18.3 Å². The zero-order chi connectivity index (χ0) is 21.0. The van der Waals surface area contributed by atoms with E-state index in [0.717, 1.165) is 12.8 Å². The Morgan fingerprint density at radius 2 is 1.76 bits per heavy atom. The summed E-state index contributed by atoms with van der Waals surface area (Å²) in [5.41, 5.74) is 0.594. The monoisotopic (exact) mass is 402 g/mol. The molecule has 4 unspecified atom stereocenters. The van der Waals surface area contributed by atoms with Crippen molar-refractivity contribution in [1.82, 2.24) is 0 Å². The van der Waals surface area contributed by atoms with E-state index in [1.54, 1.807) is 0 Å². The fourth-order valence-electron chi connectivity index (χ4n) is 9.24. The number of carboxylic acids is 1. The van der Waals surface area contributed by atoms with Crippen LogP contribution in [0.15, 0.2) is 0 Å². The van der Waals surface area contributed by atoms with Gasteiger partial charge in [0.2, 0.25) is 0 Å². The fourth-order valence-corrected chi connectivity index (χ4v) is 9.24. The lowest BCUT2D eigenvalue weighted by molar-refractivity contribution is -0.168.